The summed E-state index contributed by atoms with van der Waals surface area (Å²) in [4.78, 5) is 25.0. The number of rotatable bonds is 5. The average molecular weight is 448 g/mol. The standard InChI is InChI=1S/C25H22ClN3O3/c26-17-10-16(11-19(12-17)28-25(31)32-14-15-4-2-1-3-5-15)24(30)27-18-6-7-20-21(13-18)23-9-8-22(20)29-23/h1-7,10-13,22-23,29H,8-9,14H2,(H,27,30)(H,28,31)/t22-,23-/m1/s1. The first-order chi connectivity index (χ1) is 15.5. The van der Waals surface area contributed by atoms with Gasteiger partial charge >= 0.3 is 6.09 Å². The first-order valence-corrected chi connectivity index (χ1v) is 10.9. The summed E-state index contributed by atoms with van der Waals surface area (Å²) in [6.07, 6.45) is 1.66. The van der Waals surface area contributed by atoms with Gasteiger partial charge in [-0.15, -0.1) is 0 Å². The van der Waals surface area contributed by atoms with Gasteiger partial charge < -0.3 is 15.4 Å². The summed E-state index contributed by atoms with van der Waals surface area (Å²) in [7, 11) is 0. The van der Waals surface area contributed by atoms with Crippen molar-refractivity contribution in [1.82, 2.24) is 5.32 Å². The Kier molecular flexibility index (Phi) is 5.55. The SMILES string of the molecule is O=C(Nc1cc(Cl)cc(C(=O)Nc2ccc3c(c2)[C@H]2CC[C@H]3N2)c1)OCc1ccccc1. The molecule has 1 saturated heterocycles. The normalized spacial score (nSPS) is 18.2. The van der Waals surface area contributed by atoms with Crippen molar-refractivity contribution >= 4 is 35.0 Å². The third-order valence-electron chi connectivity index (χ3n) is 5.86. The Morgan fingerprint density at radius 1 is 0.906 bits per heavy atom. The summed E-state index contributed by atoms with van der Waals surface area (Å²) in [6, 6.07) is 20.9. The van der Waals surface area contributed by atoms with E-state index in [1.54, 1.807) is 18.2 Å². The fraction of sp³-hybridized carbons (Fsp3) is 0.200. The number of carbonyl (C=O) groups excluding carboxylic acids is 2. The molecule has 3 aromatic rings. The molecule has 0 aromatic heterocycles. The monoisotopic (exact) mass is 447 g/mol. The third-order valence-corrected chi connectivity index (χ3v) is 6.08. The molecule has 3 N–H and O–H groups in total. The second-order valence-corrected chi connectivity index (χ2v) is 8.50. The molecular weight excluding hydrogens is 426 g/mol. The first-order valence-electron chi connectivity index (χ1n) is 10.5. The molecule has 7 heteroatoms. The minimum Gasteiger partial charge on any atom is -0.444 e. The van der Waals surface area contributed by atoms with Crippen molar-refractivity contribution in [3.05, 3.63) is 94.0 Å². The predicted octanol–water partition coefficient (Wildman–Crippen LogP) is 5.82. The second-order valence-electron chi connectivity index (χ2n) is 8.06. The van der Waals surface area contributed by atoms with E-state index in [0.717, 1.165) is 24.1 Å². The Hall–Kier alpha value is -3.35. The molecule has 2 atom stereocenters. The van der Waals surface area contributed by atoms with Gasteiger partial charge in [0.05, 0.1) is 0 Å². The molecule has 3 aromatic carbocycles. The number of anilines is 2. The van der Waals surface area contributed by atoms with Crippen molar-refractivity contribution in [3.63, 3.8) is 0 Å². The Morgan fingerprint density at radius 3 is 2.50 bits per heavy atom. The molecule has 1 fully saturated rings. The maximum Gasteiger partial charge on any atom is 0.411 e. The molecule has 2 aliphatic rings. The number of ether oxygens (including phenoxy) is 1. The molecule has 5 rings (SSSR count). The van der Waals surface area contributed by atoms with Crippen LogP contribution in [0.3, 0.4) is 0 Å². The van der Waals surface area contributed by atoms with E-state index in [2.05, 4.69) is 22.0 Å². The van der Waals surface area contributed by atoms with Crippen molar-refractivity contribution in [1.29, 1.82) is 0 Å². The topological polar surface area (TPSA) is 79.5 Å². The minimum atomic E-state index is -0.622. The van der Waals surface area contributed by atoms with E-state index in [0.29, 0.717) is 28.4 Å². The van der Waals surface area contributed by atoms with Crippen LogP contribution in [0.5, 0.6) is 0 Å². The van der Waals surface area contributed by atoms with Crippen LogP contribution >= 0.6 is 11.6 Å². The highest BCUT2D eigenvalue weighted by Gasteiger charge is 2.36. The molecule has 162 valence electrons. The molecule has 0 aliphatic carbocycles. The number of benzene rings is 3. The van der Waals surface area contributed by atoms with E-state index in [1.807, 2.05) is 42.5 Å². The van der Waals surface area contributed by atoms with Gasteiger partial charge in [-0.1, -0.05) is 48.0 Å². The fourth-order valence-corrected chi connectivity index (χ4v) is 4.61. The molecule has 32 heavy (non-hydrogen) atoms. The van der Waals surface area contributed by atoms with Gasteiger partial charge in [-0.3, -0.25) is 10.1 Å². The molecule has 2 aliphatic heterocycles. The molecule has 0 saturated carbocycles. The molecular formula is C25H22ClN3O3. The summed E-state index contributed by atoms with van der Waals surface area (Å²) < 4.78 is 5.24. The number of halogens is 1. The molecule has 2 heterocycles. The maximum atomic E-state index is 12.8. The van der Waals surface area contributed by atoms with Crippen LogP contribution in [0.15, 0.2) is 66.7 Å². The molecule has 2 bridgehead atoms. The second kappa shape index (κ2) is 8.65. The minimum absolute atomic E-state index is 0.148. The predicted molar refractivity (Wildman–Crippen MR) is 124 cm³/mol. The van der Waals surface area contributed by atoms with E-state index < -0.39 is 6.09 Å². The fourth-order valence-electron chi connectivity index (χ4n) is 4.38. The van der Waals surface area contributed by atoms with E-state index in [4.69, 9.17) is 16.3 Å². The number of amides is 2. The van der Waals surface area contributed by atoms with E-state index in [9.17, 15) is 9.59 Å². The van der Waals surface area contributed by atoms with Crippen LogP contribution in [0.2, 0.25) is 5.02 Å². The Morgan fingerprint density at radius 2 is 1.69 bits per heavy atom. The number of carbonyl (C=O) groups is 2. The van der Waals surface area contributed by atoms with Crippen molar-refractivity contribution in [3.8, 4) is 0 Å². The van der Waals surface area contributed by atoms with Crippen LogP contribution in [0.25, 0.3) is 0 Å². The van der Waals surface area contributed by atoms with E-state index in [1.165, 1.54) is 11.1 Å². The van der Waals surface area contributed by atoms with Crippen LogP contribution < -0.4 is 16.0 Å². The van der Waals surface area contributed by atoms with Gasteiger partial charge in [-0.2, -0.15) is 0 Å². The lowest BCUT2D eigenvalue weighted by Crippen LogP contribution is -2.16. The smallest absolute Gasteiger partial charge is 0.411 e. The van der Waals surface area contributed by atoms with Gasteiger partial charge in [0.15, 0.2) is 0 Å². The van der Waals surface area contributed by atoms with Gasteiger partial charge in [0.2, 0.25) is 0 Å². The molecule has 6 nitrogen and oxygen atoms in total. The average Bonchev–Trinajstić information content (AvgIpc) is 3.40. The zero-order valence-corrected chi connectivity index (χ0v) is 18.0. The Balaban J connectivity index is 1.25. The van der Waals surface area contributed by atoms with Gasteiger partial charge in [0.1, 0.15) is 6.61 Å². The molecule has 0 unspecified atom stereocenters. The zero-order valence-electron chi connectivity index (χ0n) is 17.2. The number of hydrogen-bond acceptors (Lipinski definition) is 4. The highest BCUT2D eigenvalue weighted by atomic mass is 35.5. The lowest BCUT2D eigenvalue weighted by molar-refractivity contribution is 0.102. The summed E-state index contributed by atoms with van der Waals surface area (Å²) in [5.74, 6) is -0.302. The van der Waals surface area contributed by atoms with Gasteiger partial charge in [0, 0.05) is 34.0 Å². The summed E-state index contributed by atoms with van der Waals surface area (Å²) >= 11 is 6.19. The van der Waals surface area contributed by atoms with Gasteiger partial charge in [0.25, 0.3) is 5.91 Å². The lowest BCUT2D eigenvalue weighted by Gasteiger charge is -2.15. The highest BCUT2D eigenvalue weighted by Crippen LogP contribution is 2.45. The quantitative estimate of drug-likeness (QED) is 0.460. The van der Waals surface area contributed by atoms with Crippen molar-refractivity contribution in [2.75, 3.05) is 10.6 Å². The summed E-state index contributed by atoms with van der Waals surface area (Å²) in [5, 5.41) is 9.48. The highest BCUT2D eigenvalue weighted by molar-refractivity contribution is 6.31. The maximum absolute atomic E-state index is 12.8. The largest absolute Gasteiger partial charge is 0.444 e. The van der Waals surface area contributed by atoms with Crippen molar-refractivity contribution < 1.29 is 14.3 Å². The van der Waals surface area contributed by atoms with Crippen LogP contribution in [-0.2, 0) is 11.3 Å². The van der Waals surface area contributed by atoms with E-state index in [-0.39, 0.29) is 12.5 Å². The van der Waals surface area contributed by atoms with Crippen LogP contribution in [0.4, 0.5) is 16.2 Å². The molecule has 2 amide bonds. The van der Waals surface area contributed by atoms with Crippen molar-refractivity contribution in [2.24, 2.45) is 0 Å². The molecule has 0 radical (unpaired) electrons. The summed E-state index contributed by atoms with van der Waals surface area (Å²) in [5.41, 5.74) is 4.93. The number of hydrogen-bond donors (Lipinski definition) is 3. The van der Waals surface area contributed by atoms with Crippen molar-refractivity contribution in [2.45, 2.75) is 31.5 Å². The first kappa shape index (κ1) is 20.5. The van der Waals surface area contributed by atoms with Crippen LogP contribution in [0.1, 0.15) is 52.0 Å². The number of fused-ring (bicyclic) bond motifs is 5. The van der Waals surface area contributed by atoms with Gasteiger partial charge in [-0.25, -0.2) is 4.79 Å². The molecule has 0 spiro atoms. The zero-order chi connectivity index (χ0) is 22.1. The number of nitrogens with one attached hydrogen (secondary N) is 3. The Bertz CT molecular complexity index is 1180. The van der Waals surface area contributed by atoms with E-state index >= 15 is 0 Å². The Labute approximate surface area is 190 Å². The van der Waals surface area contributed by atoms with Crippen LogP contribution in [0, 0.1) is 0 Å². The summed E-state index contributed by atoms with van der Waals surface area (Å²) in [6.45, 7) is 0.148. The lowest BCUT2D eigenvalue weighted by atomic mass is 9.91. The van der Waals surface area contributed by atoms with Gasteiger partial charge in [-0.05, 0) is 59.9 Å². The third kappa shape index (κ3) is 4.33. The van der Waals surface area contributed by atoms with Crippen LogP contribution in [-0.4, -0.2) is 12.0 Å².